The van der Waals surface area contributed by atoms with E-state index < -0.39 is 0 Å². The van der Waals surface area contributed by atoms with E-state index >= 15 is 0 Å². The average Bonchev–Trinajstić information content (AvgIpc) is 2.45. The zero-order valence-corrected chi connectivity index (χ0v) is 14.5. The van der Waals surface area contributed by atoms with Gasteiger partial charge in [0.25, 0.3) is 0 Å². The quantitative estimate of drug-likeness (QED) is 0.719. The van der Waals surface area contributed by atoms with Gasteiger partial charge in [0.05, 0.1) is 5.02 Å². The van der Waals surface area contributed by atoms with Crippen molar-refractivity contribution in [3.8, 4) is 11.6 Å². The van der Waals surface area contributed by atoms with Gasteiger partial charge in [-0.3, -0.25) is 0 Å². The topological polar surface area (TPSA) is 34.1 Å². The second-order valence-corrected chi connectivity index (χ2v) is 6.07. The molecular formula is C16H18BrClN2O. The maximum Gasteiger partial charge on any atom is 0.219 e. The number of ether oxygens (including phenoxy) is 1. The van der Waals surface area contributed by atoms with Crippen LogP contribution in [0, 0.1) is 6.92 Å². The van der Waals surface area contributed by atoms with Crippen molar-refractivity contribution in [1.82, 2.24) is 10.3 Å². The van der Waals surface area contributed by atoms with Crippen LogP contribution < -0.4 is 10.1 Å². The van der Waals surface area contributed by atoms with Gasteiger partial charge in [-0.15, -0.1) is 0 Å². The molecule has 1 heterocycles. The van der Waals surface area contributed by atoms with E-state index in [0.717, 1.165) is 29.7 Å². The molecule has 0 spiro atoms. The third-order valence-electron chi connectivity index (χ3n) is 3.02. The molecule has 1 N–H and O–H groups in total. The van der Waals surface area contributed by atoms with Gasteiger partial charge in [-0.1, -0.05) is 40.5 Å². The number of aryl methyl sites for hydroxylation is 1. The van der Waals surface area contributed by atoms with Gasteiger partial charge in [0.1, 0.15) is 5.75 Å². The highest BCUT2D eigenvalue weighted by molar-refractivity contribution is 9.10. The number of rotatable bonds is 6. The molecular weight excluding hydrogens is 352 g/mol. The second kappa shape index (κ2) is 7.78. The monoisotopic (exact) mass is 368 g/mol. The Kier molecular flexibility index (Phi) is 6.03. The first-order valence-electron chi connectivity index (χ1n) is 6.90. The lowest BCUT2D eigenvalue weighted by molar-refractivity contribution is 0.460. The average molecular weight is 370 g/mol. The highest BCUT2D eigenvalue weighted by atomic mass is 79.9. The Morgan fingerprint density at radius 3 is 2.81 bits per heavy atom. The van der Waals surface area contributed by atoms with E-state index in [2.05, 4.69) is 33.2 Å². The lowest BCUT2D eigenvalue weighted by Crippen LogP contribution is -2.15. The number of benzene rings is 1. The summed E-state index contributed by atoms with van der Waals surface area (Å²) >= 11 is 9.52. The van der Waals surface area contributed by atoms with E-state index in [9.17, 15) is 0 Å². The largest absolute Gasteiger partial charge is 0.437 e. The van der Waals surface area contributed by atoms with Gasteiger partial charge in [-0.25, -0.2) is 4.98 Å². The van der Waals surface area contributed by atoms with Crippen LogP contribution >= 0.6 is 27.5 Å². The first-order chi connectivity index (χ1) is 10.1. The maximum absolute atomic E-state index is 6.12. The van der Waals surface area contributed by atoms with Crippen LogP contribution in [0.1, 0.15) is 24.6 Å². The molecule has 0 amide bonds. The summed E-state index contributed by atoms with van der Waals surface area (Å²) in [6, 6.07) is 9.39. The summed E-state index contributed by atoms with van der Waals surface area (Å²) in [5, 5.41) is 3.93. The minimum atomic E-state index is 0.548. The summed E-state index contributed by atoms with van der Waals surface area (Å²) in [5.74, 6) is 1.14. The third kappa shape index (κ3) is 4.70. The van der Waals surface area contributed by atoms with Crippen molar-refractivity contribution in [2.24, 2.45) is 0 Å². The minimum absolute atomic E-state index is 0.548. The van der Waals surface area contributed by atoms with Crippen molar-refractivity contribution in [3.63, 3.8) is 0 Å². The number of nitrogens with zero attached hydrogens (tertiary/aromatic N) is 1. The highest BCUT2D eigenvalue weighted by Gasteiger charge is 2.07. The molecule has 112 valence electrons. The van der Waals surface area contributed by atoms with E-state index in [1.807, 2.05) is 31.2 Å². The Labute approximate surface area is 138 Å². The summed E-state index contributed by atoms with van der Waals surface area (Å²) in [4.78, 5) is 4.48. The summed E-state index contributed by atoms with van der Waals surface area (Å²) in [6.45, 7) is 5.96. The van der Waals surface area contributed by atoms with Gasteiger partial charge < -0.3 is 10.1 Å². The number of halogens is 2. The van der Waals surface area contributed by atoms with Crippen molar-refractivity contribution in [1.29, 1.82) is 0 Å². The van der Waals surface area contributed by atoms with Gasteiger partial charge in [-0.05, 0) is 43.7 Å². The molecule has 0 saturated heterocycles. The fraction of sp³-hybridized carbons (Fsp3) is 0.312. The summed E-state index contributed by atoms with van der Waals surface area (Å²) < 4.78 is 6.67. The molecule has 21 heavy (non-hydrogen) atoms. The Balaban J connectivity index is 2.11. The number of nitrogens with one attached hydrogen (secondary N) is 1. The predicted molar refractivity (Wildman–Crippen MR) is 90.2 cm³/mol. The number of hydrogen-bond donors (Lipinski definition) is 1. The van der Waals surface area contributed by atoms with Crippen molar-refractivity contribution in [3.05, 3.63) is 51.1 Å². The standard InChI is InChI=1S/C16H18BrClN2O/c1-3-8-19-10-12-4-7-16(20-11(12)2)21-15-9-13(17)5-6-14(15)18/h4-7,9,19H,3,8,10H2,1-2H3. The Morgan fingerprint density at radius 1 is 1.29 bits per heavy atom. The summed E-state index contributed by atoms with van der Waals surface area (Å²) in [7, 11) is 0. The fourth-order valence-corrected chi connectivity index (χ4v) is 2.37. The van der Waals surface area contributed by atoms with Crippen molar-refractivity contribution < 1.29 is 4.74 Å². The van der Waals surface area contributed by atoms with Gasteiger partial charge in [0.2, 0.25) is 5.88 Å². The van der Waals surface area contributed by atoms with Crippen LogP contribution in [-0.2, 0) is 6.54 Å². The smallest absolute Gasteiger partial charge is 0.219 e. The van der Waals surface area contributed by atoms with E-state index in [4.69, 9.17) is 16.3 Å². The normalized spacial score (nSPS) is 10.7. The molecule has 0 aliphatic carbocycles. The van der Waals surface area contributed by atoms with E-state index in [0.29, 0.717) is 16.7 Å². The van der Waals surface area contributed by atoms with Crippen molar-refractivity contribution >= 4 is 27.5 Å². The molecule has 1 aromatic carbocycles. The Hall–Kier alpha value is -1.10. The van der Waals surface area contributed by atoms with Crippen LogP contribution in [-0.4, -0.2) is 11.5 Å². The number of hydrogen-bond acceptors (Lipinski definition) is 3. The number of pyridine rings is 1. The fourth-order valence-electron chi connectivity index (χ4n) is 1.88. The van der Waals surface area contributed by atoms with Gasteiger partial charge in [0, 0.05) is 22.8 Å². The molecule has 0 radical (unpaired) electrons. The summed E-state index contributed by atoms with van der Waals surface area (Å²) in [6.07, 6.45) is 1.12. The molecule has 0 fully saturated rings. The van der Waals surface area contributed by atoms with Crippen LogP contribution in [0.5, 0.6) is 11.6 Å². The van der Waals surface area contributed by atoms with E-state index in [1.165, 1.54) is 5.56 Å². The molecule has 0 atom stereocenters. The molecule has 2 rings (SSSR count). The predicted octanol–water partition coefficient (Wildman–Crippen LogP) is 5.10. The lowest BCUT2D eigenvalue weighted by atomic mass is 10.2. The molecule has 0 unspecified atom stereocenters. The van der Waals surface area contributed by atoms with Crippen molar-refractivity contribution in [2.75, 3.05) is 6.54 Å². The van der Waals surface area contributed by atoms with Crippen LogP contribution in [0.3, 0.4) is 0 Å². The molecule has 0 aliphatic rings. The van der Waals surface area contributed by atoms with Crippen molar-refractivity contribution in [2.45, 2.75) is 26.8 Å². The van der Waals surface area contributed by atoms with Gasteiger partial charge in [0.15, 0.2) is 0 Å². The molecule has 1 aromatic heterocycles. The Morgan fingerprint density at radius 2 is 2.10 bits per heavy atom. The highest BCUT2D eigenvalue weighted by Crippen LogP contribution is 2.31. The van der Waals surface area contributed by atoms with Crippen LogP contribution in [0.15, 0.2) is 34.8 Å². The summed E-state index contributed by atoms with van der Waals surface area (Å²) in [5.41, 5.74) is 2.14. The molecule has 5 heteroatoms. The molecule has 2 aromatic rings. The van der Waals surface area contributed by atoms with Crippen LogP contribution in [0.2, 0.25) is 5.02 Å². The van der Waals surface area contributed by atoms with E-state index in [-0.39, 0.29) is 0 Å². The van der Waals surface area contributed by atoms with Gasteiger partial charge >= 0.3 is 0 Å². The third-order valence-corrected chi connectivity index (χ3v) is 3.83. The molecule has 3 nitrogen and oxygen atoms in total. The van der Waals surface area contributed by atoms with Crippen LogP contribution in [0.4, 0.5) is 0 Å². The first kappa shape index (κ1) is 16.3. The zero-order chi connectivity index (χ0) is 15.2. The first-order valence-corrected chi connectivity index (χ1v) is 8.07. The maximum atomic E-state index is 6.12. The molecule has 0 bridgehead atoms. The molecule has 0 saturated carbocycles. The second-order valence-electron chi connectivity index (χ2n) is 4.75. The molecule has 0 aliphatic heterocycles. The van der Waals surface area contributed by atoms with Gasteiger partial charge in [-0.2, -0.15) is 0 Å². The minimum Gasteiger partial charge on any atom is -0.437 e. The zero-order valence-electron chi connectivity index (χ0n) is 12.1. The lowest BCUT2D eigenvalue weighted by Gasteiger charge is -2.10. The van der Waals surface area contributed by atoms with Crippen LogP contribution in [0.25, 0.3) is 0 Å². The van der Waals surface area contributed by atoms with E-state index in [1.54, 1.807) is 6.07 Å². The number of aromatic nitrogens is 1. The SMILES string of the molecule is CCCNCc1ccc(Oc2cc(Br)ccc2Cl)nc1C. The Bertz CT molecular complexity index is 619.